The van der Waals surface area contributed by atoms with E-state index < -0.39 is 0 Å². The van der Waals surface area contributed by atoms with Gasteiger partial charge in [0.05, 0.1) is 7.11 Å². The quantitative estimate of drug-likeness (QED) is 0.878. The van der Waals surface area contributed by atoms with Gasteiger partial charge in [0.2, 0.25) is 0 Å². The van der Waals surface area contributed by atoms with Crippen LogP contribution in [0.2, 0.25) is 0 Å². The Labute approximate surface area is 115 Å². The Morgan fingerprint density at radius 3 is 2.42 bits per heavy atom. The highest BCUT2D eigenvalue weighted by Crippen LogP contribution is 2.27. The number of rotatable bonds is 5. The Morgan fingerprint density at radius 1 is 1.05 bits per heavy atom. The molecule has 2 aromatic carbocycles. The van der Waals surface area contributed by atoms with Gasteiger partial charge < -0.3 is 10.1 Å². The van der Waals surface area contributed by atoms with E-state index in [4.69, 9.17) is 4.74 Å². The molecular formula is C17H21NO. The second-order valence-electron chi connectivity index (χ2n) is 4.67. The molecule has 0 saturated heterocycles. The van der Waals surface area contributed by atoms with Gasteiger partial charge in [-0.3, -0.25) is 0 Å². The maximum atomic E-state index is 5.32. The summed E-state index contributed by atoms with van der Waals surface area (Å²) in [5, 5.41) is 3.38. The monoisotopic (exact) mass is 255 g/mol. The Bertz CT molecular complexity index is 531. The molecule has 0 heterocycles. The largest absolute Gasteiger partial charge is 0.497 e. The lowest BCUT2D eigenvalue weighted by Crippen LogP contribution is -2.12. The summed E-state index contributed by atoms with van der Waals surface area (Å²) in [5.74, 6) is 0.906. The third-order valence-electron chi connectivity index (χ3n) is 3.24. The van der Waals surface area contributed by atoms with Gasteiger partial charge in [-0.15, -0.1) is 0 Å². The summed E-state index contributed by atoms with van der Waals surface area (Å²) < 4.78 is 5.32. The van der Waals surface area contributed by atoms with Crippen LogP contribution in [-0.4, -0.2) is 13.7 Å². The molecule has 0 radical (unpaired) electrons. The first-order valence-corrected chi connectivity index (χ1v) is 6.69. The van der Waals surface area contributed by atoms with Crippen molar-refractivity contribution in [2.24, 2.45) is 0 Å². The molecule has 0 amide bonds. The standard InChI is InChI=1S/C17H21NO/c1-4-18-12-15-11-16(19-3)9-10-17(15)14-7-5-13(2)6-8-14/h5-11,18H,4,12H2,1-3H3. The molecule has 0 unspecified atom stereocenters. The summed E-state index contributed by atoms with van der Waals surface area (Å²) in [4.78, 5) is 0. The normalized spacial score (nSPS) is 10.5. The molecule has 19 heavy (non-hydrogen) atoms. The zero-order valence-electron chi connectivity index (χ0n) is 11.9. The lowest BCUT2D eigenvalue weighted by Gasteiger charge is -2.12. The minimum atomic E-state index is 0.858. The topological polar surface area (TPSA) is 21.3 Å². The average molecular weight is 255 g/mol. The molecule has 0 spiro atoms. The Hall–Kier alpha value is -1.80. The van der Waals surface area contributed by atoms with Gasteiger partial charge in [0, 0.05) is 6.54 Å². The van der Waals surface area contributed by atoms with Gasteiger partial charge in [0.15, 0.2) is 0 Å². The van der Waals surface area contributed by atoms with Crippen LogP contribution in [-0.2, 0) is 6.54 Å². The number of hydrogen-bond acceptors (Lipinski definition) is 2. The number of methoxy groups -OCH3 is 1. The zero-order chi connectivity index (χ0) is 13.7. The Kier molecular flexibility index (Phi) is 4.58. The van der Waals surface area contributed by atoms with Crippen LogP contribution >= 0.6 is 0 Å². The predicted octanol–water partition coefficient (Wildman–Crippen LogP) is 3.78. The Balaban J connectivity index is 2.39. The van der Waals surface area contributed by atoms with Gasteiger partial charge in [-0.05, 0) is 42.3 Å². The fourth-order valence-electron chi connectivity index (χ4n) is 2.12. The predicted molar refractivity (Wildman–Crippen MR) is 80.5 cm³/mol. The third kappa shape index (κ3) is 3.36. The molecule has 0 aliphatic heterocycles. The van der Waals surface area contributed by atoms with E-state index in [0.717, 1.165) is 18.8 Å². The number of aryl methyl sites for hydroxylation is 1. The van der Waals surface area contributed by atoms with Gasteiger partial charge >= 0.3 is 0 Å². The Morgan fingerprint density at radius 2 is 1.79 bits per heavy atom. The smallest absolute Gasteiger partial charge is 0.119 e. The number of hydrogen-bond donors (Lipinski definition) is 1. The van der Waals surface area contributed by atoms with E-state index in [-0.39, 0.29) is 0 Å². The summed E-state index contributed by atoms with van der Waals surface area (Å²) in [5.41, 5.74) is 5.07. The van der Waals surface area contributed by atoms with Crippen molar-refractivity contribution >= 4 is 0 Å². The molecular weight excluding hydrogens is 234 g/mol. The van der Waals surface area contributed by atoms with Gasteiger partial charge in [-0.1, -0.05) is 42.8 Å². The summed E-state index contributed by atoms with van der Waals surface area (Å²) in [6, 6.07) is 14.9. The minimum absolute atomic E-state index is 0.858. The van der Waals surface area contributed by atoms with Crippen LogP contribution in [0.4, 0.5) is 0 Å². The molecule has 0 saturated carbocycles. The second kappa shape index (κ2) is 6.39. The first-order chi connectivity index (χ1) is 9.24. The van der Waals surface area contributed by atoms with Crippen molar-refractivity contribution in [3.05, 3.63) is 53.6 Å². The van der Waals surface area contributed by atoms with Crippen molar-refractivity contribution in [2.45, 2.75) is 20.4 Å². The van der Waals surface area contributed by atoms with E-state index in [1.165, 1.54) is 22.3 Å². The van der Waals surface area contributed by atoms with E-state index in [1.807, 2.05) is 6.07 Å². The molecule has 2 heteroatoms. The molecule has 0 aromatic heterocycles. The summed E-state index contributed by atoms with van der Waals surface area (Å²) >= 11 is 0. The molecule has 2 aromatic rings. The number of benzene rings is 2. The van der Waals surface area contributed by atoms with Crippen LogP contribution in [0.25, 0.3) is 11.1 Å². The van der Waals surface area contributed by atoms with Crippen LogP contribution in [0.3, 0.4) is 0 Å². The van der Waals surface area contributed by atoms with E-state index in [0.29, 0.717) is 0 Å². The maximum absolute atomic E-state index is 5.32. The van der Waals surface area contributed by atoms with E-state index in [1.54, 1.807) is 7.11 Å². The molecule has 0 aliphatic rings. The molecule has 0 aliphatic carbocycles. The fraction of sp³-hybridized carbons (Fsp3) is 0.294. The van der Waals surface area contributed by atoms with Crippen LogP contribution in [0.15, 0.2) is 42.5 Å². The first kappa shape index (κ1) is 13.6. The molecule has 2 rings (SSSR count). The maximum Gasteiger partial charge on any atom is 0.119 e. The highest BCUT2D eigenvalue weighted by molar-refractivity contribution is 5.68. The van der Waals surface area contributed by atoms with Gasteiger partial charge in [0.25, 0.3) is 0 Å². The molecule has 2 nitrogen and oxygen atoms in total. The van der Waals surface area contributed by atoms with Crippen molar-refractivity contribution in [1.29, 1.82) is 0 Å². The van der Waals surface area contributed by atoms with Crippen molar-refractivity contribution in [2.75, 3.05) is 13.7 Å². The van der Waals surface area contributed by atoms with Crippen LogP contribution < -0.4 is 10.1 Å². The molecule has 0 atom stereocenters. The zero-order valence-corrected chi connectivity index (χ0v) is 11.9. The molecule has 1 N–H and O–H groups in total. The summed E-state index contributed by atoms with van der Waals surface area (Å²) in [6.45, 7) is 6.05. The highest BCUT2D eigenvalue weighted by atomic mass is 16.5. The van der Waals surface area contributed by atoms with Gasteiger partial charge in [0.1, 0.15) is 5.75 Å². The van der Waals surface area contributed by atoms with Crippen LogP contribution in [0.5, 0.6) is 5.75 Å². The molecule has 0 bridgehead atoms. The first-order valence-electron chi connectivity index (χ1n) is 6.69. The summed E-state index contributed by atoms with van der Waals surface area (Å²) in [6.07, 6.45) is 0. The summed E-state index contributed by atoms with van der Waals surface area (Å²) in [7, 11) is 1.71. The van der Waals surface area contributed by atoms with Crippen molar-refractivity contribution in [3.63, 3.8) is 0 Å². The third-order valence-corrected chi connectivity index (χ3v) is 3.24. The van der Waals surface area contributed by atoms with Crippen LogP contribution in [0, 0.1) is 6.92 Å². The number of ether oxygens (including phenoxy) is 1. The van der Waals surface area contributed by atoms with Crippen LogP contribution in [0.1, 0.15) is 18.1 Å². The highest BCUT2D eigenvalue weighted by Gasteiger charge is 2.06. The second-order valence-corrected chi connectivity index (χ2v) is 4.67. The average Bonchev–Trinajstić information content (AvgIpc) is 2.46. The minimum Gasteiger partial charge on any atom is -0.497 e. The SMILES string of the molecule is CCNCc1cc(OC)ccc1-c1ccc(C)cc1. The fourth-order valence-corrected chi connectivity index (χ4v) is 2.12. The van der Waals surface area contributed by atoms with Crippen molar-refractivity contribution in [1.82, 2.24) is 5.32 Å². The van der Waals surface area contributed by atoms with E-state index >= 15 is 0 Å². The molecule has 100 valence electrons. The van der Waals surface area contributed by atoms with Gasteiger partial charge in [-0.25, -0.2) is 0 Å². The lowest BCUT2D eigenvalue weighted by atomic mass is 9.98. The molecule has 0 fully saturated rings. The van der Waals surface area contributed by atoms with E-state index in [9.17, 15) is 0 Å². The van der Waals surface area contributed by atoms with Crippen molar-refractivity contribution < 1.29 is 4.74 Å². The number of nitrogens with one attached hydrogen (secondary N) is 1. The van der Waals surface area contributed by atoms with E-state index in [2.05, 4.69) is 55.6 Å². The van der Waals surface area contributed by atoms with Gasteiger partial charge in [-0.2, -0.15) is 0 Å². The van der Waals surface area contributed by atoms with Crippen molar-refractivity contribution in [3.8, 4) is 16.9 Å². The lowest BCUT2D eigenvalue weighted by molar-refractivity contribution is 0.414.